The predicted octanol–water partition coefficient (Wildman–Crippen LogP) is 7.75. The van der Waals surface area contributed by atoms with Gasteiger partial charge in [-0.15, -0.1) is 0 Å². The van der Waals surface area contributed by atoms with Crippen molar-refractivity contribution in [2.24, 2.45) is 11.3 Å². The summed E-state index contributed by atoms with van der Waals surface area (Å²) in [6.07, 6.45) is 1.86. The maximum absolute atomic E-state index is 14.4. The molecule has 1 amide bonds. The fraction of sp³-hybridized carbons (Fsp3) is 0.517. The number of nitrogens with zero attached hydrogens (tertiary/aromatic N) is 4. The second-order valence-corrected chi connectivity index (χ2v) is 12.0. The molecule has 39 heavy (non-hydrogen) atoms. The second-order valence-electron chi connectivity index (χ2n) is 11.2. The Hall–Kier alpha value is -2.45. The number of imidazole rings is 1. The molecule has 2 aliphatic rings. The van der Waals surface area contributed by atoms with Crippen LogP contribution in [0, 0.1) is 11.3 Å². The van der Waals surface area contributed by atoms with Gasteiger partial charge in [0.1, 0.15) is 0 Å². The van der Waals surface area contributed by atoms with Crippen molar-refractivity contribution in [1.29, 1.82) is 0 Å². The van der Waals surface area contributed by atoms with Crippen LogP contribution in [0.1, 0.15) is 57.6 Å². The van der Waals surface area contributed by atoms with Crippen molar-refractivity contribution in [2.75, 3.05) is 31.1 Å². The minimum Gasteiger partial charge on any atom is -0.368 e. The van der Waals surface area contributed by atoms with Crippen molar-refractivity contribution in [2.45, 2.75) is 58.2 Å². The van der Waals surface area contributed by atoms with E-state index in [4.69, 9.17) is 23.2 Å². The van der Waals surface area contributed by atoms with Crippen LogP contribution < -0.4 is 4.90 Å². The average Bonchev–Trinajstić information content (AvgIpc) is 3.32. The van der Waals surface area contributed by atoms with Crippen LogP contribution in [0.4, 0.5) is 18.9 Å². The van der Waals surface area contributed by atoms with E-state index in [9.17, 15) is 18.0 Å². The summed E-state index contributed by atoms with van der Waals surface area (Å²) in [6, 6.07) is 7.38. The third kappa shape index (κ3) is 5.73. The third-order valence-electron chi connectivity index (χ3n) is 8.64. The minimum absolute atomic E-state index is 0.0548. The Kier molecular flexibility index (Phi) is 7.81. The molecule has 1 saturated heterocycles. The Labute approximate surface area is 236 Å². The van der Waals surface area contributed by atoms with Gasteiger partial charge in [0.05, 0.1) is 17.4 Å². The Morgan fingerprint density at radius 3 is 2.54 bits per heavy atom. The van der Waals surface area contributed by atoms with Gasteiger partial charge in [0, 0.05) is 53.4 Å². The van der Waals surface area contributed by atoms with E-state index in [1.165, 1.54) is 30.9 Å². The van der Waals surface area contributed by atoms with Crippen molar-refractivity contribution >= 4 is 45.8 Å². The summed E-state index contributed by atoms with van der Waals surface area (Å²) >= 11 is 12.2. The maximum atomic E-state index is 14.4. The highest BCUT2D eigenvalue weighted by Crippen LogP contribution is 2.43. The van der Waals surface area contributed by atoms with Gasteiger partial charge in [0.2, 0.25) is 5.91 Å². The van der Waals surface area contributed by atoms with Crippen LogP contribution in [-0.4, -0.2) is 52.7 Å². The van der Waals surface area contributed by atoms with Crippen molar-refractivity contribution in [1.82, 2.24) is 14.5 Å². The van der Waals surface area contributed by atoms with Crippen molar-refractivity contribution in [3.8, 4) is 0 Å². The molecule has 1 aromatic heterocycles. The Balaban J connectivity index is 1.36. The van der Waals surface area contributed by atoms with Crippen LogP contribution in [0.2, 0.25) is 10.0 Å². The van der Waals surface area contributed by atoms with Crippen molar-refractivity contribution < 1.29 is 18.0 Å². The number of carbonyl (C=O) groups excluding carboxylic acids is 1. The molecule has 2 heterocycles. The van der Waals surface area contributed by atoms with Crippen LogP contribution in [0.3, 0.4) is 0 Å². The number of fused-ring (bicyclic) bond motifs is 1. The molecular formula is C29H33Cl2F3N4O. The Bertz CT molecular complexity index is 1350. The highest BCUT2D eigenvalue weighted by Gasteiger charge is 2.44. The van der Waals surface area contributed by atoms with Gasteiger partial charge in [-0.05, 0) is 55.0 Å². The first-order valence-corrected chi connectivity index (χ1v) is 14.3. The average molecular weight is 582 g/mol. The number of rotatable bonds is 5. The summed E-state index contributed by atoms with van der Waals surface area (Å²) in [7, 11) is 0. The largest absolute Gasteiger partial charge is 0.413 e. The number of amides is 1. The highest BCUT2D eigenvalue weighted by atomic mass is 35.5. The number of piperazine rings is 1. The van der Waals surface area contributed by atoms with E-state index < -0.39 is 12.2 Å². The summed E-state index contributed by atoms with van der Waals surface area (Å²) < 4.78 is 44.3. The van der Waals surface area contributed by atoms with E-state index in [1.807, 2.05) is 11.0 Å². The topological polar surface area (TPSA) is 41.4 Å². The number of carbonyl (C=O) groups is 1. The summed E-state index contributed by atoms with van der Waals surface area (Å²) in [4.78, 5) is 21.6. The maximum Gasteiger partial charge on any atom is 0.413 e. The molecule has 1 aliphatic carbocycles. The standard InChI is InChI=1S/C29H33Cl2F3N4O/c1-3-28(2)10-4-5-19(17-28)27(39)37-13-11-36(12-14-37)21-7-9-24-25(16-21)38(18-35-24)26(29(32,33)34)22-8-6-20(30)15-23(22)31/h6-9,15-16,18-19,26H,3-5,10-14,17H2,1-2H3. The molecule has 0 spiro atoms. The summed E-state index contributed by atoms with van der Waals surface area (Å²) in [5.74, 6) is 0.329. The Morgan fingerprint density at radius 1 is 1.13 bits per heavy atom. The molecule has 3 atom stereocenters. The van der Waals surface area contributed by atoms with E-state index in [-0.39, 0.29) is 32.8 Å². The van der Waals surface area contributed by atoms with E-state index in [0.29, 0.717) is 37.2 Å². The van der Waals surface area contributed by atoms with Gasteiger partial charge >= 0.3 is 6.18 Å². The van der Waals surface area contributed by atoms with Crippen LogP contribution in [0.15, 0.2) is 42.7 Å². The molecule has 0 radical (unpaired) electrons. The van der Waals surface area contributed by atoms with Crippen LogP contribution >= 0.6 is 23.2 Å². The summed E-state index contributed by atoms with van der Waals surface area (Å²) in [5, 5.41) is 0.212. The lowest BCUT2D eigenvalue weighted by Crippen LogP contribution is -2.51. The van der Waals surface area contributed by atoms with Crippen LogP contribution in [0.25, 0.3) is 11.0 Å². The lowest BCUT2D eigenvalue weighted by molar-refractivity contribution is -0.156. The number of halogens is 5. The highest BCUT2D eigenvalue weighted by molar-refractivity contribution is 6.35. The molecule has 3 unspecified atom stereocenters. The number of alkyl halides is 3. The van der Waals surface area contributed by atoms with E-state index in [0.717, 1.165) is 35.9 Å². The fourth-order valence-electron chi connectivity index (χ4n) is 6.17. The molecule has 5 nitrogen and oxygen atoms in total. The second kappa shape index (κ2) is 10.8. The van der Waals surface area contributed by atoms with Gasteiger partial charge in [0.25, 0.3) is 0 Å². The molecule has 2 fully saturated rings. The minimum atomic E-state index is -4.61. The van der Waals surface area contributed by atoms with E-state index in [2.05, 4.69) is 23.7 Å². The van der Waals surface area contributed by atoms with Gasteiger partial charge in [-0.2, -0.15) is 13.2 Å². The quantitative estimate of drug-likeness (QED) is 0.310. The number of aromatic nitrogens is 2. The van der Waals surface area contributed by atoms with Gasteiger partial charge in [-0.1, -0.05) is 56.0 Å². The number of hydrogen-bond donors (Lipinski definition) is 0. The van der Waals surface area contributed by atoms with E-state index >= 15 is 0 Å². The summed E-state index contributed by atoms with van der Waals surface area (Å²) in [5.41, 5.74) is 1.77. The van der Waals surface area contributed by atoms with Crippen LogP contribution in [0.5, 0.6) is 0 Å². The molecule has 2 aromatic carbocycles. The predicted molar refractivity (Wildman–Crippen MR) is 150 cm³/mol. The third-order valence-corrected chi connectivity index (χ3v) is 9.20. The SMILES string of the molecule is CCC1(C)CCCC(C(=O)N2CCN(c3ccc4ncn(C(c5ccc(Cl)cc5Cl)C(F)(F)F)c4c3)CC2)C1. The van der Waals surface area contributed by atoms with Gasteiger partial charge in [-0.25, -0.2) is 4.98 Å². The lowest BCUT2D eigenvalue weighted by Gasteiger charge is -2.41. The first-order chi connectivity index (χ1) is 18.5. The molecule has 210 valence electrons. The zero-order valence-electron chi connectivity index (χ0n) is 22.1. The van der Waals surface area contributed by atoms with Gasteiger partial charge in [0.15, 0.2) is 6.04 Å². The summed E-state index contributed by atoms with van der Waals surface area (Å²) in [6.45, 7) is 6.93. The number of benzene rings is 2. The van der Waals surface area contributed by atoms with Crippen LogP contribution in [-0.2, 0) is 4.79 Å². The molecular weight excluding hydrogens is 548 g/mol. The molecule has 0 N–H and O–H groups in total. The fourth-order valence-corrected chi connectivity index (χ4v) is 6.69. The molecule has 1 saturated carbocycles. The monoisotopic (exact) mass is 580 g/mol. The first kappa shape index (κ1) is 28.1. The number of anilines is 1. The number of hydrogen-bond acceptors (Lipinski definition) is 3. The van der Waals surface area contributed by atoms with Gasteiger partial charge in [-0.3, -0.25) is 4.79 Å². The van der Waals surface area contributed by atoms with Gasteiger partial charge < -0.3 is 14.4 Å². The zero-order chi connectivity index (χ0) is 27.9. The molecule has 10 heteroatoms. The smallest absolute Gasteiger partial charge is 0.368 e. The van der Waals surface area contributed by atoms with Crippen molar-refractivity contribution in [3.05, 3.63) is 58.3 Å². The van der Waals surface area contributed by atoms with Crippen molar-refractivity contribution in [3.63, 3.8) is 0 Å². The Morgan fingerprint density at radius 2 is 1.87 bits per heavy atom. The molecule has 3 aromatic rings. The normalized spacial score (nSPS) is 23.3. The molecule has 1 aliphatic heterocycles. The molecule has 5 rings (SSSR count). The van der Waals surface area contributed by atoms with E-state index in [1.54, 1.807) is 12.1 Å². The zero-order valence-corrected chi connectivity index (χ0v) is 23.7. The molecule has 0 bridgehead atoms. The first-order valence-electron chi connectivity index (χ1n) is 13.5. The lowest BCUT2D eigenvalue weighted by atomic mass is 9.69.